The Kier molecular flexibility index (Phi) is 4.89. The van der Waals surface area contributed by atoms with Crippen molar-refractivity contribution in [3.8, 4) is 0 Å². The molecule has 3 nitrogen and oxygen atoms in total. The zero-order valence-electron chi connectivity index (χ0n) is 13.5. The fourth-order valence-corrected chi connectivity index (χ4v) is 2.78. The summed E-state index contributed by atoms with van der Waals surface area (Å²) in [6.07, 6.45) is -0.597. The second-order valence-corrected chi connectivity index (χ2v) is 6.26. The van der Waals surface area contributed by atoms with Crippen LogP contribution in [0.15, 0.2) is 60.7 Å². The first-order valence-electron chi connectivity index (χ1n) is 8.07. The van der Waals surface area contributed by atoms with E-state index in [9.17, 15) is 4.79 Å². The molecule has 23 heavy (non-hydrogen) atoms. The molecule has 3 unspecified atom stereocenters. The van der Waals surface area contributed by atoms with Crippen molar-refractivity contribution in [2.24, 2.45) is 5.92 Å². The van der Waals surface area contributed by atoms with Gasteiger partial charge in [0.2, 0.25) is 0 Å². The first-order chi connectivity index (χ1) is 11.2. The molecule has 0 spiro atoms. The average Bonchev–Trinajstić information content (AvgIpc) is 3.36. The van der Waals surface area contributed by atoms with Crippen molar-refractivity contribution >= 4 is 5.78 Å². The van der Waals surface area contributed by atoms with Gasteiger partial charge >= 0.3 is 0 Å². The first-order valence-corrected chi connectivity index (χ1v) is 8.07. The highest BCUT2D eigenvalue weighted by molar-refractivity contribution is 6.01. The quantitative estimate of drug-likeness (QED) is 0.575. The van der Waals surface area contributed by atoms with E-state index >= 15 is 0 Å². The van der Waals surface area contributed by atoms with Crippen LogP contribution in [0.2, 0.25) is 0 Å². The van der Waals surface area contributed by atoms with E-state index in [0.29, 0.717) is 12.2 Å². The van der Waals surface area contributed by atoms with E-state index < -0.39 is 0 Å². The molecule has 2 aromatic carbocycles. The number of ether oxygens (including phenoxy) is 2. The molecule has 1 fully saturated rings. The minimum Gasteiger partial charge on any atom is -0.370 e. The number of Topliss-reactive ketones (excluding diaryl/α,β-unsaturated/α-hetero) is 1. The molecule has 0 radical (unpaired) electrons. The Labute approximate surface area is 137 Å². The third-order valence-electron chi connectivity index (χ3n) is 4.11. The van der Waals surface area contributed by atoms with E-state index in [4.69, 9.17) is 9.47 Å². The Bertz CT molecular complexity index is 636. The summed E-state index contributed by atoms with van der Waals surface area (Å²) >= 11 is 0. The summed E-state index contributed by atoms with van der Waals surface area (Å²) in [5.74, 6) is 0.335. The van der Waals surface area contributed by atoms with Crippen LogP contribution in [0.5, 0.6) is 0 Å². The maximum Gasteiger partial charge on any atom is 0.194 e. The van der Waals surface area contributed by atoms with Crippen molar-refractivity contribution < 1.29 is 14.3 Å². The second-order valence-electron chi connectivity index (χ2n) is 6.26. The Morgan fingerprint density at radius 1 is 1.04 bits per heavy atom. The van der Waals surface area contributed by atoms with Crippen LogP contribution in [-0.2, 0) is 16.1 Å². The van der Waals surface area contributed by atoms with Crippen LogP contribution >= 0.6 is 0 Å². The molecule has 0 saturated carbocycles. The SMILES string of the molecule is CC(C)C(OCc1ccccc1)C1OC1C(=O)c1ccccc1. The zero-order chi connectivity index (χ0) is 16.2. The van der Waals surface area contributed by atoms with E-state index in [0.717, 1.165) is 5.56 Å². The van der Waals surface area contributed by atoms with Gasteiger partial charge in [-0.05, 0) is 11.5 Å². The lowest BCUT2D eigenvalue weighted by Gasteiger charge is -2.19. The first kappa shape index (κ1) is 15.9. The van der Waals surface area contributed by atoms with Gasteiger partial charge in [0.25, 0.3) is 0 Å². The largest absolute Gasteiger partial charge is 0.370 e. The molecule has 1 saturated heterocycles. The van der Waals surface area contributed by atoms with Gasteiger partial charge < -0.3 is 9.47 Å². The Balaban J connectivity index is 1.61. The molecule has 1 heterocycles. The van der Waals surface area contributed by atoms with Crippen molar-refractivity contribution in [2.75, 3.05) is 0 Å². The van der Waals surface area contributed by atoms with Crippen molar-refractivity contribution in [1.29, 1.82) is 0 Å². The number of rotatable bonds is 7. The molecule has 1 aliphatic heterocycles. The molecular formula is C20H22O3. The normalized spacial score (nSPS) is 21.2. The van der Waals surface area contributed by atoms with Crippen molar-refractivity contribution in [2.45, 2.75) is 38.8 Å². The van der Waals surface area contributed by atoms with E-state index in [1.807, 2.05) is 60.7 Å². The summed E-state index contributed by atoms with van der Waals surface area (Å²) in [6.45, 7) is 4.73. The number of carbonyl (C=O) groups excluding carboxylic acids is 1. The van der Waals surface area contributed by atoms with Gasteiger partial charge in [-0.25, -0.2) is 0 Å². The van der Waals surface area contributed by atoms with Crippen LogP contribution in [0.3, 0.4) is 0 Å². The van der Waals surface area contributed by atoms with Gasteiger partial charge in [0.05, 0.1) is 12.7 Å². The minimum absolute atomic E-state index is 0.0459. The van der Waals surface area contributed by atoms with Gasteiger partial charge in [0.1, 0.15) is 12.2 Å². The van der Waals surface area contributed by atoms with Crippen molar-refractivity contribution in [3.63, 3.8) is 0 Å². The molecule has 3 rings (SSSR count). The molecule has 3 heteroatoms. The maximum absolute atomic E-state index is 12.4. The van der Waals surface area contributed by atoms with E-state index in [-0.39, 0.29) is 30.0 Å². The molecule has 0 aromatic heterocycles. The number of epoxide rings is 1. The zero-order valence-corrected chi connectivity index (χ0v) is 13.5. The smallest absolute Gasteiger partial charge is 0.194 e. The van der Waals surface area contributed by atoms with E-state index in [1.54, 1.807) is 0 Å². The van der Waals surface area contributed by atoms with Crippen LogP contribution in [0.25, 0.3) is 0 Å². The molecule has 2 aromatic rings. The third kappa shape index (κ3) is 3.87. The number of carbonyl (C=O) groups is 1. The van der Waals surface area contributed by atoms with Crippen molar-refractivity contribution in [1.82, 2.24) is 0 Å². The van der Waals surface area contributed by atoms with Crippen LogP contribution in [0.4, 0.5) is 0 Å². The average molecular weight is 310 g/mol. The van der Waals surface area contributed by atoms with Crippen molar-refractivity contribution in [3.05, 3.63) is 71.8 Å². The number of ketones is 1. The number of benzene rings is 2. The third-order valence-corrected chi connectivity index (χ3v) is 4.11. The Hall–Kier alpha value is -1.97. The maximum atomic E-state index is 12.4. The van der Waals surface area contributed by atoms with Gasteiger partial charge in [0.15, 0.2) is 5.78 Å². The minimum atomic E-state index is -0.374. The fraction of sp³-hybridized carbons (Fsp3) is 0.350. The fourth-order valence-electron chi connectivity index (χ4n) is 2.78. The molecular weight excluding hydrogens is 288 g/mol. The molecule has 1 aliphatic rings. The van der Waals surface area contributed by atoms with Gasteiger partial charge in [-0.2, -0.15) is 0 Å². The van der Waals surface area contributed by atoms with E-state index in [1.165, 1.54) is 0 Å². The molecule has 3 atom stereocenters. The van der Waals surface area contributed by atoms with Crippen LogP contribution < -0.4 is 0 Å². The molecule has 120 valence electrons. The lowest BCUT2D eigenvalue weighted by atomic mass is 9.98. The molecule has 0 bridgehead atoms. The van der Waals surface area contributed by atoms with E-state index in [2.05, 4.69) is 13.8 Å². The predicted molar refractivity (Wildman–Crippen MR) is 89.3 cm³/mol. The van der Waals surface area contributed by atoms with Crippen LogP contribution in [-0.4, -0.2) is 24.1 Å². The van der Waals surface area contributed by atoms with Crippen LogP contribution in [0.1, 0.15) is 29.8 Å². The lowest BCUT2D eigenvalue weighted by molar-refractivity contribution is -0.00705. The summed E-state index contributed by atoms with van der Waals surface area (Å²) < 4.78 is 11.7. The summed E-state index contributed by atoms with van der Waals surface area (Å²) in [5, 5.41) is 0. The van der Waals surface area contributed by atoms with Crippen LogP contribution in [0, 0.1) is 5.92 Å². The summed E-state index contributed by atoms with van der Waals surface area (Å²) in [6, 6.07) is 19.4. The Morgan fingerprint density at radius 2 is 1.65 bits per heavy atom. The predicted octanol–water partition coefficient (Wildman–Crippen LogP) is 3.88. The Morgan fingerprint density at radius 3 is 2.26 bits per heavy atom. The highest BCUT2D eigenvalue weighted by Gasteiger charge is 2.51. The lowest BCUT2D eigenvalue weighted by Crippen LogP contribution is -2.29. The highest BCUT2D eigenvalue weighted by Crippen LogP contribution is 2.34. The topological polar surface area (TPSA) is 38.8 Å². The number of hydrogen-bond acceptors (Lipinski definition) is 3. The highest BCUT2D eigenvalue weighted by atomic mass is 16.6. The summed E-state index contributed by atoms with van der Waals surface area (Å²) in [4.78, 5) is 12.4. The number of hydrogen-bond donors (Lipinski definition) is 0. The molecule has 0 N–H and O–H groups in total. The standard InChI is InChI=1S/C20H22O3/c1-14(2)18(22-13-15-9-5-3-6-10-15)20-19(23-20)17(21)16-11-7-4-8-12-16/h3-12,14,18-20H,13H2,1-2H3. The van der Waals surface area contributed by atoms with Gasteiger partial charge in [-0.1, -0.05) is 74.5 Å². The monoisotopic (exact) mass is 310 g/mol. The van der Waals surface area contributed by atoms with Gasteiger partial charge in [0, 0.05) is 5.56 Å². The second kappa shape index (κ2) is 7.07. The molecule has 0 amide bonds. The molecule has 0 aliphatic carbocycles. The summed E-state index contributed by atoms with van der Waals surface area (Å²) in [7, 11) is 0. The summed E-state index contributed by atoms with van der Waals surface area (Å²) in [5.41, 5.74) is 1.83. The van der Waals surface area contributed by atoms with Gasteiger partial charge in [-0.15, -0.1) is 0 Å². The van der Waals surface area contributed by atoms with Gasteiger partial charge in [-0.3, -0.25) is 4.79 Å².